The number of hydrogen-bond donors (Lipinski definition) is 1. The van der Waals surface area contributed by atoms with Gasteiger partial charge in [-0.15, -0.1) is 0 Å². The van der Waals surface area contributed by atoms with Gasteiger partial charge in [0.2, 0.25) is 0 Å². The van der Waals surface area contributed by atoms with Crippen molar-refractivity contribution >= 4 is 41.0 Å². The second-order valence-electron chi connectivity index (χ2n) is 3.67. The van der Waals surface area contributed by atoms with E-state index in [2.05, 4.69) is 0 Å². The molecule has 0 heterocycles. The first kappa shape index (κ1) is 12.0. The van der Waals surface area contributed by atoms with Crippen molar-refractivity contribution in [2.45, 2.75) is 0 Å². The fraction of sp³-hybridized carbons (Fsp3) is 0. The van der Waals surface area contributed by atoms with Gasteiger partial charge in [0.1, 0.15) is 0 Å². The van der Waals surface area contributed by atoms with Crippen molar-refractivity contribution in [1.29, 1.82) is 0 Å². The van der Waals surface area contributed by atoms with E-state index in [1.54, 1.807) is 6.07 Å². The van der Waals surface area contributed by atoms with Crippen LogP contribution >= 0.6 is 23.2 Å². The van der Waals surface area contributed by atoms with Crippen LogP contribution in [0.15, 0.2) is 42.5 Å². The van der Waals surface area contributed by atoms with Gasteiger partial charge in [0.15, 0.2) is 0 Å². The number of anilines is 1. The summed E-state index contributed by atoms with van der Waals surface area (Å²) in [5, 5.41) is 1.28. The van der Waals surface area contributed by atoms with Crippen LogP contribution in [0.25, 0.3) is 12.2 Å². The Labute approximate surface area is 110 Å². The van der Waals surface area contributed by atoms with Gasteiger partial charge < -0.3 is 5.73 Å². The van der Waals surface area contributed by atoms with Crippen LogP contribution in [0.4, 0.5) is 5.69 Å². The second-order valence-corrected chi connectivity index (χ2v) is 4.51. The third-order valence-electron chi connectivity index (χ3n) is 2.35. The topological polar surface area (TPSA) is 26.0 Å². The van der Waals surface area contributed by atoms with Crippen molar-refractivity contribution < 1.29 is 0 Å². The molecule has 0 spiro atoms. The number of nitrogens with two attached hydrogens (primary N) is 1. The van der Waals surface area contributed by atoms with Gasteiger partial charge in [-0.25, -0.2) is 0 Å². The molecule has 2 aromatic rings. The van der Waals surface area contributed by atoms with Crippen LogP contribution in [0.1, 0.15) is 11.1 Å². The van der Waals surface area contributed by atoms with Crippen LogP contribution in [0.2, 0.25) is 10.0 Å². The Hall–Kier alpha value is -1.44. The smallest absolute Gasteiger partial charge is 0.0493 e. The molecule has 0 aliphatic rings. The van der Waals surface area contributed by atoms with Crippen molar-refractivity contribution in [2.75, 3.05) is 5.73 Å². The summed E-state index contributed by atoms with van der Waals surface area (Å²) in [5.41, 5.74) is 8.38. The summed E-state index contributed by atoms with van der Waals surface area (Å²) in [6.45, 7) is 0. The maximum atomic E-state index is 6.07. The number of hydrogen-bond acceptors (Lipinski definition) is 1. The van der Waals surface area contributed by atoms with Crippen LogP contribution in [-0.4, -0.2) is 0 Å². The van der Waals surface area contributed by atoms with Crippen molar-refractivity contribution in [3.8, 4) is 0 Å². The van der Waals surface area contributed by atoms with Crippen LogP contribution in [0.5, 0.6) is 0 Å². The summed E-state index contributed by atoms with van der Waals surface area (Å²) >= 11 is 11.9. The van der Waals surface area contributed by atoms with Gasteiger partial charge in [-0.1, -0.05) is 53.6 Å². The first-order valence-corrected chi connectivity index (χ1v) is 5.89. The Kier molecular flexibility index (Phi) is 3.72. The molecule has 0 aromatic heterocycles. The molecular weight excluding hydrogens is 253 g/mol. The average Bonchev–Trinajstić information content (AvgIpc) is 2.30. The molecule has 0 saturated carbocycles. The van der Waals surface area contributed by atoms with Gasteiger partial charge in [0.25, 0.3) is 0 Å². The monoisotopic (exact) mass is 263 g/mol. The number of nitrogen functional groups attached to an aromatic ring is 1. The Morgan fingerprint density at radius 2 is 1.59 bits per heavy atom. The van der Waals surface area contributed by atoms with Gasteiger partial charge in [-0.05, 0) is 35.4 Å². The lowest BCUT2D eigenvalue weighted by Crippen LogP contribution is -1.82. The van der Waals surface area contributed by atoms with E-state index in [1.807, 2.05) is 48.6 Å². The lowest BCUT2D eigenvalue weighted by Gasteiger charge is -1.99. The minimum absolute atomic E-state index is 0.639. The third-order valence-corrected chi connectivity index (χ3v) is 2.92. The van der Waals surface area contributed by atoms with E-state index in [-0.39, 0.29) is 0 Å². The molecule has 0 amide bonds. The number of halogens is 2. The van der Waals surface area contributed by atoms with Crippen LogP contribution in [0.3, 0.4) is 0 Å². The first-order chi connectivity index (χ1) is 8.15. The van der Waals surface area contributed by atoms with Gasteiger partial charge in [0, 0.05) is 15.7 Å². The summed E-state index contributed by atoms with van der Waals surface area (Å²) in [6, 6.07) is 13.1. The lowest BCUT2D eigenvalue weighted by molar-refractivity contribution is 1.63. The Balaban J connectivity index is 2.23. The van der Waals surface area contributed by atoms with Crippen molar-refractivity contribution in [3.05, 3.63) is 63.6 Å². The molecule has 17 heavy (non-hydrogen) atoms. The van der Waals surface area contributed by atoms with E-state index in [1.165, 1.54) is 0 Å². The van der Waals surface area contributed by atoms with Gasteiger partial charge in [-0.2, -0.15) is 0 Å². The molecule has 2 N–H and O–H groups in total. The minimum Gasteiger partial charge on any atom is -0.399 e. The Bertz CT molecular complexity index is 545. The van der Waals surface area contributed by atoms with E-state index in [0.29, 0.717) is 10.0 Å². The molecule has 86 valence electrons. The second kappa shape index (κ2) is 5.26. The zero-order chi connectivity index (χ0) is 12.3. The SMILES string of the molecule is Nc1ccc(/C=C\c2ccc(Cl)cc2Cl)cc1. The lowest BCUT2D eigenvalue weighted by atomic mass is 10.1. The third kappa shape index (κ3) is 3.26. The highest BCUT2D eigenvalue weighted by Gasteiger charge is 1.97. The Morgan fingerprint density at radius 3 is 2.24 bits per heavy atom. The van der Waals surface area contributed by atoms with Crippen LogP contribution < -0.4 is 5.73 Å². The molecule has 3 heteroatoms. The highest BCUT2D eigenvalue weighted by molar-refractivity contribution is 6.35. The van der Waals surface area contributed by atoms with Gasteiger partial charge in [-0.3, -0.25) is 0 Å². The standard InChI is InChI=1S/C14H11Cl2N/c15-12-6-5-11(14(16)9-12)4-1-10-2-7-13(17)8-3-10/h1-9H,17H2/b4-1-. The van der Waals surface area contributed by atoms with Crippen LogP contribution in [-0.2, 0) is 0 Å². The molecule has 1 nitrogen and oxygen atoms in total. The molecule has 0 radical (unpaired) electrons. The van der Waals surface area contributed by atoms with E-state index in [9.17, 15) is 0 Å². The molecule has 2 rings (SSSR count). The molecule has 0 aliphatic heterocycles. The van der Waals surface area contributed by atoms with Gasteiger partial charge >= 0.3 is 0 Å². The summed E-state index contributed by atoms with van der Waals surface area (Å²) in [5.74, 6) is 0. The molecular formula is C14H11Cl2N. The van der Waals surface area contributed by atoms with Crippen molar-refractivity contribution in [3.63, 3.8) is 0 Å². The minimum atomic E-state index is 0.639. The zero-order valence-electron chi connectivity index (χ0n) is 9.03. The maximum absolute atomic E-state index is 6.07. The predicted molar refractivity (Wildman–Crippen MR) is 76.2 cm³/mol. The normalized spacial score (nSPS) is 10.9. The van der Waals surface area contributed by atoms with E-state index in [4.69, 9.17) is 28.9 Å². The quantitative estimate of drug-likeness (QED) is 0.615. The summed E-state index contributed by atoms with van der Waals surface area (Å²) < 4.78 is 0. The fourth-order valence-corrected chi connectivity index (χ4v) is 1.90. The molecule has 0 unspecified atom stereocenters. The first-order valence-electron chi connectivity index (χ1n) is 5.14. The fourth-order valence-electron chi connectivity index (χ4n) is 1.43. The van der Waals surface area contributed by atoms with E-state index >= 15 is 0 Å². The zero-order valence-corrected chi connectivity index (χ0v) is 10.5. The molecule has 0 aliphatic carbocycles. The molecule has 2 aromatic carbocycles. The Morgan fingerprint density at radius 1 is 0.882 bits per heavy atom. The molecule has 0 saturated heterocycles. The highest BCUT2D eigenvalue weighted by atomic mass is 35.5. The summed E-state index contributed by atoms with van der Waals surface area (Å²) in [7, 11) is 0. The van der Waals surface area contributed by atoms with Crippen molar-refractivity contribution in [2.24, 2.45) is 0 Å². The van der Waals surface area contributed by atoms with Crippen LogP contribution in [0, 0.1) is 0 Å². The molecule has 0 bridgehead atoms. The summed E-state index contributed by atoms with van der Waals surface area (Å²) in [4.78, 5) is 0. The summed E-state index contributed by atoms with van der Waals surface area (Å²) in [6.07, 6.45) is 3.93. The van der Waals surface area contributed by atoms with Crippen molar-refractivity contribution in [1.82, 2.24) is 0 Å². The number of rotatable bonds is 2. The van der Waals surface area contributed by atoms with E-state index in [0.717, 1.165) is 16.8 Å². The number of benzene rings is 2. The van der Waals surface area contributed by atoms with Gasteiger partial charge in [0.05, 0.1) is 0 Å². The largest absolute Gasteiger partial charge is 0.399 e. The predicted octanol–water partition coefficient (Wildman–Crippen LogP) is 4.75. The molecule has 0 fully saturated rings. The molecule has 0 atom stereocenters. The highest BCUT2D eigenvalue weighted by Crippen LogP contribution is 2.22. The van der Waals surface area contributed by atoms with E-state index < -0.39 is 0 Å². The maximum Gasteiger partial charge on any atom is 0.0493 e. The average molecular weight is 264 g/mol.